The largest absolute Gasteiger partial charge is 0.455 e. The molecule has 242 valence electrons. The zero-order valence-corrected chi connectivity index (χ0v) is 28.7. The highest BCUT2D eigenvalue weighted by atomic mass is 16.3. The van der Waals surface area contributed by atoms with Crippen molar-refractivity contribution in [3.8, 4) is 33.4 Å². The van der Waals surface area contributed by atoms with Gasteiger partial charge >= 0.3 is 0 Å². The van der Waals surface area contributed by atoms with Crippen LogP contribution in [-0.2, 0) is 0 Å². The second kappa shape index (κ2) is 9.99. The van der Waals surface area contributed by atoms with E-state index in [1.807, 2.05) is 0 Å². The van der Waals surface area contributed by atoms with Crippen LogP contribution in [0.3, 0.4) is 0 Å². The first-order chi connectivity index (χ1) is 25.7. The average molecular weight is 663 g/mol. The van der Waals surface area contributed by atoms with Gasteiger partial charge in [0, 0.05) is 33.0 Å². The summed E-state index contributed by atoms with van der Waals surface area (Å²) in [5, 5.41) is 14.3. The molecule has 0 bridgehead atoms. The first-order valence-electron chi connectivity index (χ1n) is 18.0. The van der Waals surface area contributed by atoms with E-state index in [1.165, 1.54) is 76.1 Å². The summed E-state index contributed by atoms with van der Waals surface area (Å²) in [6.07, 6.45) is 0. The predicted molar refractivity (Wildman–Crippen MR) is 219 cm³/mol. The zero-order valence-electron chi connectivity index (χ0n) is 28.7. The van der Waals surface area contributed by atoms with E-state index in [0.717, 1.165) is 55.4 Å². The molecule has 0 aromatic heterocycles. The molecular formula is C50H30O2. The molecule has 52 heavy (non-hydrogen) atoms. The highest BCUT2D eigenvalue weighted by Crippen LogP contribution is 2.55. The molecule has 0 amide bonds. The summed E-state index contributed by atoms with van der Waals surface area (Å²) in [7, 11) is 0. The van der Waals surface area contributed by atoms with Crippen LogP contribution in [0.25, 0.3) is 120 Å². The number of fused-ring (bicyclic) bond motifs is 6. The van der Waals surface area contributed by atoms with Gasteiger partial charge in [0.15, 0.2) is 0 Å². The topological polar surface area (TPSA) is 26.3 Å². The Balaban J connectivity index is 1.32. The van der Waals surface area contributed by atoms with E-state index in [2.05, 4.69) is 159 Å². The maximum atomic E-state index is 7.30. The van der Waals surface area contributed by atoms with Crippen molar-refractivity contribution in [2.75, 3.05) is 0 Å². The maximum absolute atomic E-state index is 7.30. The molecule has 0 radical (unpaired) electrons. The van der Waals surface area contributed by atoms with Crippen molar-refractivity contribution in [3.63, 3.8) is 0 Å². The minimum Gasteiger partial charge on any atom is -0.455 e. The molecule has 0 fully saturated rings. The van der Waals surface area contributed by atoms with Crippen LogP contribution in [0, 0.1) is 13.8 Å². The Morgan fingerprint density at radius 3 is 1.08 bits per heavy atom. The van der Waals surface area contributed by atoms with Gasteiger partial charge in [-0.15, -0.1) is 0 Å². The van der Waals surface area contributed by atoms with E-state index < -0.39 is 0 Å². The monoisotopic (exact) mass is 662 g/mol. The van der Waals surface area contributed by atoms with Crippen LogP contribution in [0.4, 0.5) is 0 Å². The third kappa shape index (κ3) is 3.49. The highest BCUT2D eigenvalue weighted by molar-refractivity contribution is 6.35. The molecule has 2 heteroatoms. The number of aryl methyl sites for hydroxylation is 2. The molecule has 2 heterocycles. The van der Waals surface area contributed by atoms with Crippen molar-refractivity contribution in [2.24, 2.45) is 0 Å². The van der Waals surface area contributed by atoms with E-state index in [9.17, 15) is 0 Å². The number of rotatable bonds is 2. The van der Waals surface area contributed by atoms with E-state index in [-0.39, 0.29) is 0 Å². The summed E-state index contributed by atoms with van der Waals surface area (Å²) in [6.45, 7) is 4.38. The SMILES string of the molecule is Cc1ccc(-c2c3ccccc3c3ccc4oc5c(-c6ccc(C)c7ccccc67)c6ccccc6c6ccc7oc2c3c4-c7c56)c2ccccc12. The van der Waals surface area contributed by atoms with Gasteiger partial charge in [-0.1, -0.05) is 121 Å². The lowest BCUT2D eigenvalue weighted by Crippen LogP contribution is -1.99. The van der Waals surface area contributed by atoms with Gasteiger partial charge in [-0.3, -0.25) is 0 Å². The fraction of sp³-hybridized carbons (Fsp3) is 0.0400. The minimum atomic E-state index is 0.862. The summed E-state index contributed by atoms with van der Waals surface area (Å²) in [6, 6.07) is 52.9. The smallest absolute Gasteiger partial charge is 0.144 e. The standard InChI is InChI=1S/C50H30O2/c1-27-19-21-37(31-13-5-3-11-29(27)31)43-35-17-9-7-15-33(35)39-23-26-42-47-45(39)49(43)51-41-25-24-40-34-16-8-10-18-36(34)44(50(52-42)46(40)48(41)47)38-22-20-28(2)30-12-4-6-14-32(30)38/h3-26H,1-2H3. The van der Waals surface area contributed by atoms with Crippen LogP contribution in [0.15, 0.2) is 154 Å². The van der Waals surface area contributed by atoms with Gasteiger partial charge < -0.3 is 8.83 Å². The molecule has 0 atom stereocenters. The van der Waals surface area contributed by atoms with Crippen LogP contribution in [-0.4, -0.2) is 0 Å². The van der Waals surface area contributed by atoms with E-state index in [1.54, 1.807) is 0 Å². The molecule has 2 nitrogen and oxygen atoms in total. The molecule has 2 aliphatic rings. The molecule has 0 aliphatic carbocycles. The summed E-state index contributed by atoms with van der Waals surface area (Å²) in [5.74, 6) is 0. The third-order valence-electron chi connectivity index (χ3n) is 11.7. The van der Waals surface area contributed by atoms with E-state index >= 15 is 0 Å². The summed E-state index contributed by atoms with van der Waals surface area (Å²) in [5.41, 5.74) is 12.9. The Bertz CT molecular complexity index is 3200. The van der Waals surface area contributed by atoms with Crippen LogP contribution in [0.1, 0.15) is 11.1 Å². The lowest BCUT2D eigenvalue weighted by Gasteiger charge is -2.24. The molecule has 2 aliphatic heterocycles. The molecule has 0 unspecified atom stereocenters. The Hall–Kier alpha value is -6.64. The quantitative estimate of drug-likeness (QED) is 0.136. The lowest BCUT2D eigenvalue weighted by atomic mass is 9.82. The first-order valence-corrected chi connectivity index (χ1v) is 18.0. The Labute approximate surface area is 298 Å². The fourth-order valence-corrected chi connectivity index (χ4v) is 9.42. The Morgan fingerprint density at radius 1 is 0.288 bits per heavy atom. The second-order valence-electron chi connectivity index (χ2n) is 14.4. The van der Waals surface area contributed by atoms with Crippen LogP contribution in [0.2, 0.25) is 0 Å². The van der Waals surface area contributed by atoms with E-state index in [4.69, 9.17) is 8.83 Å². The molecule has 10 aromatic rings. The van der Waals surface area contributed by atoms with Gasteiger partial charge in [-0.05, 0) is 114 Å². The van der Waals surface area contributed by atoms with Gasteiger partial charge in [0.05, 0.1) is 0 Å². The normalized spacial score (nSPS) is 12.4. The van der Waals surface area contributed by atoms with Crippen LogP contribution >= 0.6 is 0 Å². The number of hydrogen-bond donors (Lipinski definition) is 0. The second-order valence-corrected chi connectivity index (χ2v) is 14.4. The van der Waals surface area contributed by atoms with Crippen molar-refractivity contribution in [3.05, 3.63) is 157 Å². The van der Waals surface area contributed by atoms with Gasteiger partial charge in [0.2, 0.25) is 0 Å². The Morgan fingerprint density at radius 2 is 0.654 bits per heavy atom. The number of benzene rings is 10. The van der Waals surface area contributed by atoms with Gasteiger partial charge in [-0.25, -0.2) is 0 Å². The summed E-state index contributed by atoms with van der Waals surface area (Å²) in [4.78, 5) is 0. The molecule has 0 saturated heterocycles. The van der Waals surface area contributed by atoms with Gasteiger partial charge in [0.25, 0.3) is 0 Å². The average Bonchev–Trinajstić information content (AvgIpc) is 3.19. The van der Waals surface area contributed by atoms with E-state index in [0.29, 0.717) is 0 Å². The van der Waals surface area contributed by atoms with Crippen molar-refractivity contribution in [1.29, 1.82) is 0 Å². The van der Waals surface area contributed by atoms with Gasteiger partial charge in [0.1, 0.15) is 22.3 Å². The molecule has 12 rings (SSSR count). The van der Waals surface area contributed by atoms with Crippen molar-refractivity contribution in [1.82, 2.24) is 0 Å². The van der Waals surface area contributed by atoms with Crippen LogP contribution in [0.5, 0.6) is 0 Å². The first kappa shape index (κ1) is 28.1. The van der Waals surface area contributed by atoms with Gasteiger partial charge in [-0.2, -0.15) is 0 Å². The third-order valence-corrected chi connectivity index (χ3v) is 11.7. The summed E-state index contributed by atoms with van der Waals surface area (Å²) >= 11 is 0. The predicted octanol–water partition coefficient (Wildman–Crippen LogP) is 14.6. The maximum Gasteiger partial charge on any atom is 0.144 e. The Kier molecular flexibility index (Phi) is 5.40. The number of hydrogen-bond acceptors (Lipinski definition) is 2. The zero-order chi connectivity index (χ0) is 34.2. The minimum absolute atomic E-state index is 0.862. The molecule has 0 saturated carbocycles. The molecule has 10 aromatic carbocycles. The summed E-state index contributed by atoms with van der Waals surface area (Å²) < 4.78 is 14.6. The van der Waals surface area contributed by atoms with Crippen molar-refractivity contribution < 1.29 is 8.83 Å². The molecular weight excluding hydrogens is 633 g/mol. The highest BCUT2D eigenvalue weighted by Gasteiger charge is 2.30. The lowest BCUT2D eigenvalue weighted by molar-refractivity contribution is 0.648. The molecule has 0 spiro atoms. The van der Waals surface area contributed by atoms with Crippen LogP contribution < -0.4 is 0 Å². The van der Waals surface area contributed by atoms with Crippen molar-refractivity contribution in [2.45, 2.75) is 13.8 Å². The fourth-order valence-electron chi connectivity index (χ4n) is 9.42. The molecule has 0 N–H and O–H groups in total. The van der Waals surface area contributed by atoms with Crippen molar-refractivity contribution >= 4 is 87.0 Å².